The molecule has 0 aliphatic heterocycles. The van der Waals surface area contributed by atoms with E-state index in [2.05, 4.69) is 91.8 Å². The van der Waals surface area contributed by atoms with E-state index in [9.17, 15) is 15.1 Å². The Morgan fingerprint density at radius 3 is 1.19 bits per heavy atom. The Morgan fingerprint density at radius 1 is 0.562 bits per heavy atom. The lowest BCUT2D eigenvalue weighted by molar-refractivity contribution is -0.981. The number of hydrogen-bond acceptors (Lipinski definition) is 9. The Morgan fingerprint density at radius 2 is 0.891 bits per heavy atom. The quantitative estimate of drug-likeness (QED) is 0.0541. The lowest BCUT2D eigenvalue weighted by Gasteiger charge is -2.59. The third-order valence-electron chi connectivity index (χ3n) is 16.7. The molecule has 2 aromatic carbocycles. The maximum atomic E-state index is 12.2. The average Bonchev–Trinajstić information content (AvgIpc) is 3.28. The molecule has 0 saturated heterocycles. The van der Waals surface area contributed by atoms with Crippen LogP contribution in [0.15, 0.2) is 47.6 Å². The summed E-state index contributed by atoms with van der Waals surface area (Å²) in [7, 11) is 6.97. The van der Waals surface area contributed by atoms with Crippen molar-refractivity contribution in [2.75, 3.05) is 54.9 Å². The summed E-state index contributed by atoms with van der Waals surface area (Å²) in [6.45, 7) is 19.3. The summed E-state index contributed by atoms with van der Waals surface area (Å²) in [5.41, 5.74) is 6.94. The van der Waals surface area contributed by atoms with Crippen LogP contribution in [0.3, 0.4) is 0 Å². The Hall–Kier alpha value is -3.76. The standard InChI is InChI=1S/C54H82NO9/c1-51(2,37-27-45(59-9)49(46(28-37)60-10)39-25-35(33-56)41-31-43(39)53(41,5)6)21-17-13-15-19-23-63-55(58)64-24-20-16-14-18-22-52(3,4)38-29-47(61-11)50(48(30-38)62-12)40-26-36(34-57)42-32-44(40)54(42,7)8/h25-30,39-44,56-57H,13-24,31-34H2,1-12H3/q+1/t39-,40-,41+,42+,43+,44+/m0/s1. The largest absolute Gasteiger partial charge is 0.496 e. The van der Waals surface area contributed by atoms with Crippen LogP contribution in [0.5, 0.6) is 23.0 Å². The molecule has 4 bridgehead atoms. The van der Waals surface area contributed by atoms with Gasteiger partial charge in [0.1, 0.15) is 27.9 Å². The van der Waals surface area contributed by atoms with Crippen LogP contribution in [0.25, 0.3) is 0 Å². The molecule has 356 valence electrons. The number of ether oxygens (including phenoxy) is 4. The first-order valence-electron chi connectivity index (χ1n) is 24.3. The average molecular weight is 889 g/mol. The fourth-order valence-corrected chi connectivity index (χ4v) is 12.2. The van der Waals surface area contributed by atoms with Crippen LogP contribution in [0.4, 0.5) is 0 Å². The zero-order valence-corrected chi connectivity index (χ0v) is 41.4. The number of unbranched alkanes of at least 4 members (excludes halogenated alkanes) is 6. The van der Waals surface area contributed by atoms with Gasteiger partial charge in [-0.05, 0) is 143 Å². The van der Waals surface area contributed by atoms with Gasteiger partial charge in [-0.15, -0.1) is 0 Å². The number of aliphatic hydroxyl groups excluding tert-OH is 2. The molecule has 2 saturated carbocycles. The van der Waals surface area contributed by atoms with Gasteiger partial charge in [0.25, 0.3) is 0 Å². The normalized spacial score (nSPS) is 24.1. The molecule has 8 rings (SSSR count). The second-order valence-corrected chi connectivity index (χ2v) is 21.9. The predicted octanol–water partition coefficient (Wildman–Crippen LogP) is 11.9. The number of rotatable bonds is 26. The van der Waals surface area contributed by atoms with E-state index in [-0.39, 0.29) is 51.8 Å². The van der Waals surface area contributed by atoms with Crippen LogP contribution < -0.4 is 18.9 Å². The third-order valence-corrected chi connectivity index (χ3v) is 16.7. The summed E-state index contributed by atoms with van der Waals surface area (Å²) in [6, 6.07) is 8.79. The summed E-state index contributed by atoms with van der Waals surface area (Å²) in [4.78, 5) is 22.9. The van der Waals surface area contributed by atoms with E-state index in [0.29, 0.717) is 36.9 Å². The van der Waals surface area contributed by atoms with Crippen LogP contribution in [0, 0.1) is 39.4 Å². The minimum absolute atomic E-state index is 0.0864. The maximum absolute atomic E-state index is 12.2. The molecule has 10 nitrogen and oxygen atoms in total. The first-order chi connectivity index (χ1) is 30.4. The van der Waals surface area contributed by atoms with Crippen LogP contribution in [-0.2, 0) is 20.5 Å². The van der Waals surface area contributed by atoms with Gasteiger partial charge in [0.05, 0.1) is 41.7 Å². The van der Waals surface area contributed by atoms with Gasteiger partial charge >= 0.3 is 5.09 Å². The fraction of sp³-hybridized carbons (Fsp3) is 0.704. The number of aliphatic hydroxyl groups is 2. The predicted molar refractivity (Wildman–Crippen MR) is 253 cm³/mol. The second-order valence-electron chi connectivity index (χ2n) is 21.9. The summed E-state index contributed by atoms with van der Waals surface area (Å²) in [5, 5.41) is 20.6. The van der Waals surface area contributed by atoms with E-state index in [0.717, 1.165) is 122 Å². The van der Waals surface area contributed by atoms with E-state index >= 15 is 0 Å². The van der Waals surface area contributed by atoms with Crippen molar-refractivity contribution in [3.05, 3.63) is 74.7 Å². The van der Waals surface area contributed by atoms with Gasteiger partial charge in [-0.25, -0.2) is 0 Å². The van der Waals surface area contributed by atoms with E-state index in [4.69, 9.17) is 28.6 Å². The van der Waals surface area contributed by atoms with Crippen LogP contribution in [0.1, 0.15) is 167 Å². The molecule has 2 aromatic rings. The third kappa shape index (κ3) is 9.99. The molecular formula is C54H82NO9+. The van der Waals surface area contributed by atoms with Crippen molar-refractivity contribution in [1.29, 1.82) is 0 Å². The SMILES string of the molecule is COc1cc(C(C)(C)CCCCCCO[N+](=O)OCCCCCCC(C)(C)c2cc(OC)c([C@H]3C=C(CO)[C@H]4C[C@H]3C4(C)C)c(OC)c2)cc(OC)c1[C@H]1C=C(CO)[C@H]2C[C@H]1C2(C)C. The van der Waals surface area contributed by atoms with E-state index in [1.54, 1.807) is 28.4 Å². The van der Waals surface area contributed by atoms with Gasteiger partial charge in [0, 0.05) is 23.0 Å². The molecule has 2 N–H and O–H groups in total. The highest BCUT2D eigenvalue weighted by atomic mass is 17.0. The zero-order chi connectivity index (χ0) is 46.6. The van der Waals surface area contributed by atoms with E-state index < -0.39 is 0 Å². The number of nitrogens with zero attached hydrogens (tertiary/aromatic N) is 1. The monoisotopic (exact) mass is 889 g/mol. The molecule has 6 aliphatic rings. The lowest BCUT2D eigenvalue weighted by atomic mass is 9.45. The Kier molecular flexibility index (Phi) is 15.8. The van der Waals surface area contributed by atoms with Gasteiger partial charge in [-0.1, -0.05) is 93.2 Å². The molecule has 2 fully saturated rings. The van der Waals surface area contributed by atoms with Gasteiger partial charge in [0.15, 0.2) is 13.2 Å². The fourth-order valence-electron chi connectivity index (χ4n) is 12.2. The summed E-state index contributed by atoms with van der Waals surface area (Å²) >= 11 is 0. The van der Waals surface area contributed by atoms with Gasteiger partial charge in [0.2, 0.25) is 0 Å². The first-order valence-corrected chi connectivity index (χ1v) is 24.3. The molecule has 0 radical (unpaired) electrons. The van der Waals surface area contributed by atoms with Gasteiger partial charge in [-0.3, -0.25) is 0 Å². The summed E-state index contributed by atoms with van der Waals surface area (Å²) in [5.74, 6) is 5.59. The smallest absolute Gasteiger partial charge is 0.477 e. The molecule has 0 heterocycles. The number of fused-ring (bicyclic) bond motifs is 2. The molecule has 10 heteroatoms. The molecule has 6 atom stereocenters. The molecular weight excluding hydrogens is 807 g/mol. The van der Waals surface area contributed by atoms with E-state index in [1.165, 1.54) is 11.1 Å². The number of methoxy groups -OCH3 is 4. The molecule has 0 amide bonds. The maximum Gasteiger partial charge on any atom is 0.477 e. The Labute approximate surface area is 384 Å². The number of hydrogen-bond donors (Lipinski definition) is 2. The van der Waals surface area contributed by atoms with Crippen molar-refractivity contribution < 1.29 is 43.9 Å². The zero-order valence-electron chi connectivity index (χ0n) is 41.4. The number of allylic oxidation sites excluding steroid dienone is 2. The summed E-state index contributed by atoms with van der Waals surface area (Å²) in [6.07, 6.45) is 16.4. The van der Waals surface area contributed by atoms with Crippen molar-refractivity contribution in [2.45, 2.75) is 155 Å². The second kappa shape index (κ2) is 20.4. The van der Waals surface area contributed by atoms with E-state index in [1.807, 2.05) is 0 Å². The highest BCUT2D eigenvalue weighted by molar-refractivity contribution is 5.56. The molecule has 0 spiro atoms. The minimum Gasteiger partial charge on any atom is -0.496 e. The molecule has 0 unspecified atom stereocenters. The van der Waals surface area contributed by atoms with Crippen molar-refractivity contribution in [3.63, 3.8) is 0 Å². The lowest BCUT2D eigenvalue weighted by Crippen LogP contribution is -2.51. The Bertz CT molecular complexity index is 1810. The molecule has 6 aliphatic carbocycles. The minimum atomic E-state index is -0.0864. The topological polar surface area (TPSA) is 116 Å². The highest BCUT2D eigenvalue weighted by Crippen LogP contribution is 2.66. The van der Waals surface area contributed by atoms with Crippen molar-refractivity contribution in [2.24, 2.45) is 34.5 Å². The highest BCUT2D eigenvalue weighted by Gasteiger charge is 2.57. The van der Waals surface area contributed by atoms with Crippen LogP contribution in [0.2, 0.25) is 0 Å². The van der Waals surface area contributed by atoms with Crippen molar-refractivity contribution >= 4 is 0 Å². The van der Waals surface area contributed by atoms with Crippen molar-refractivity contribution in [1.82, 2.24) is 0 Å². The first kappa shape index (κ1) is 49.7. The number of benzene rings is 2. The molecule has 0 aromatic heterocycles. The van der Waals surface area contributed by atoms with Crippen LogP contribution in [-0.4, -0.2) is 70.2 Å². The van der Waals surface area contributed by atoms with Crippen LogP contribution >= 0.6 is 0 Å². The van der Waals surface area contributed by atoms with Gasteiger partial charge in [-0.2, -0.15) is 9.68 Å². The van der Waals surface area contributed by atoms with Gasteiger partial charge < -0.3 is 29.2 Å². The molecule has 64 heavy (non-hydrogen) atoms. The Balaban J connectivity index is 0.870. The summed E-state index contributed by atoms with van der Waals surface area (Å²) < 4.78 is 24.2. The van der Waals surface area contributed by atoms with Crippen molar-refractivity contribution in [3.8, 4) is 23.0 Å².